The highest BCUT2D eigenvalue weighted by molar-refractivity contribution is 8.27. The van der Waals surface area contributed by atoms with Crippen LogP contribution in [0.25, 0.3) is 6.08 Å². The monoisotopic (exact) mass is 416 g/mol. The third-order valence-corrected chi connectivity index (χ3v) is 5.81. The summed E-state index contributed by atoms with van der Waals surface area (Å²) in [6.45, 7) is 8.16. The van der Waals surface area contributed by atoms with Crippen LogP contribution in [0, 0.1) is 0 Å². The summed E-state index contributed by atoms with van der Waals surface area (Å²) in [5.74, 6) is 0.673. The van der Waals surface area contributed by atoms with E-state index in [1.807, 2.05) is 24.3 Å². The summed E-state index contributed by atoms with van der Waals surface area (Å²) in [5.41, 5.74) is 1.59. The molecule has 0 spiro atoms. The number of thioether (sulfide) groups is 1. The van der Waals surface area contributed by atoms with Crippen LogP contribution >= 0.6 is 24.0 Å². The van der Waals surface area contributed by atoms with Crippen LogP contribution in [0.1, 0.15) is 25.8 Å². The number of carbonyl (C=O) groups excluding carboxylic acids is 1. The van der Waals surface area contributed by atoms with Crippen molar-refractivity contribution in [1.29, 1.82) is 0 Å². The Morgan fingerprint density at radius 1 is 1.21 bits per heavy atom. The van der Waals surface area contributed by atoms with Gasteiger partial charge in [0.25, 0.3) is 5.91 Å². The maximum atomic E-state index is 12.7. The molecular weight excluding hydrogens is 392 g/mol. The Bertz CT molecular complexity index is 828. The summed E-state index contributed by atoms with van der Waals surface area (Å²) in [4.78, 5) is 17.3. The topological polar surface area (TPSA) is 45.9 Å². The van der Waals surface area contributed by atoms with Crippen molar-refractivity contribution < 1.29 is 13.9 Å². The van der Waals surface area contributed by atoms with E-state index in [0.717, 1.165) is 43.1 Å². The van der Waals surface area contributed by atoms with Gasteiger partial charge in [-0.1, -0.05) is 37.8 Å². The maximum Gasteiger partial charge on any atom is 0.270 e. The molecule has 3 rings (SSSR count). The Kier molecular flexibility index (Phi) is 7.30. The van der Waals surface area contributed by atoms with Crippen LogP contribution in [-0.2, 0) is 4.79 Å². The van der Waals surface area contributed by atoms with Crippen LogP contribution in [0.5, 0.6) is 5.75 Å². The first-order valence-electron chi connectivity index (χ1n) is 9.37. The highest BCUT2D eigenvalue weighted by Crippen LogP contribution is 2.36. The third-order valence-electron chi connectivity index (χ3n) is 4.51. The van der Waals surface area contributed by atoms with Gasteiger partial charge in [-0.3, -0.25) is 9.69 Å². The lowest BCUT2D eigenvalue weighted by molar-refractivity contribution is -0.113. The Labute approximate surface area is 175 Å². The van der Waals surface area contributed by atoms with Crippen LogP contribution in [0.3, 0.4) is 0 Å². The zero-order valence-electron chi connectivity index (χ0n) is 16.1. The summed E-state index contributed by atoms with van der Waals surface area (Å²) < 4.78 is 11.4. The van der Waals surface area contributed by atoms with E-state index in [1.165, 1.54) is 11.8 Å². The summed E-state index contributed by atoms with van der Waals surface area (Å²) in [5, 5.41) is 0. The first-order chi connectivity index (χ1) is 13.6. The molecule has 1 saturated heterocycles. The van der Waals surface area contributed by atoms with E-state index >= 15 is 0 Å². The van der Waals surface area contributed by atoms with Crippen LogP contribution in [0.4, 0.5) is 5.69 Å². The number of hydrogen-bond donors (Lipinski definition) is 0. The number of rotatable bonds is 9. The molecular formula is C21H24N2O3S2. The van der Waals surface area contributed by atoms with Crippen molar-refractivity contribution in [3.8, 4) is 5.75 Å². The lowest BCUT2D eigenvalue weighted by atomic mass is 10.2. The molecule has 0 atom stereocenters. The van der Waals surface area contributed by atoms with Gasteiger partial charge < -0.3 is 14.1 Å². The van der Waals surface area contributed by atoms with Crippen LogP contribution < -0.4 is 9.64 Å². The zero-order chi connectivity index (χ0) is 19.9. The minimum absolute atomic E-state index is 0.121. The largest absolute Gasteiger partial charge is 0.494 e. The molecule has 0 N–H and O–H groups in total. The molecule has 1 aliphatic heterocycles. The fourth-order valence-electron chi connectivity index (χ4n) is 2.91. The average molecular weight is 417 g/mol. The van der Waals surface area contributed by atoms with Crippen molar-refractivity contribution >= 4 is 46.0 Å². The molecule has 28 heavy (non-hydrogen) atoms. The molecule has 2 heterocycles. The Hall–Kier alpha value is -2.09. The van der Waals surface area contributed by atoms with Crippen molar-refractivity contribution in [3.63, 3.8) is 0 Å². The molecule has 1 aromatic heterocycles. The number of anilines is 1. The van der Waals surface area contributed by atoms with Gasteiger partial charge in [-0.25, -0.2) is 0 Å². The number of carbonyl (C=O) groups is 1. The molecule has 0 aliphatic carbocycles. The normalized spacial score (nSPS) is 15.8. The van der Waals surface area contributed by atoms with Crippen LogP contribution in [0.15, 0.2) is 52.2 Å². The number of benzene rings is 1. The van der Waals surface area contributed by atoms with Gasteiger partial charge in [0.1, 0.15) is 5.75 Å². The lowest BCUT2D eigenvalue weighted by Crippen LogP contribution is -2.27. The number of thiocarbonyl (C=S) groups is 1. The van der Waals surface area contributed by atoms with Gasteiger partial charge in [0.15, 0.2) is 4.32 Å². The van der Waals surface area contributed by atoms with E-state index in [0.29, 0.717) is 15.8 Å². The fraction of sp³-hybridized carbons (Fsp3) is 0.333. The van der Waals surface area contributed by atoms with Gasteiger partial charge in [0.2, 0.25) is 0 Å². The molecule has 1 aliphatic rings. The van der Waals surface area contributed by atoms with E-state index in [2.05, 4.69) is 18.7 Å². The molecule has 148 valence electrons. The minimum Gasteiger partial charge on any atom is -0.494 e. The number of furan rings is 1. The Balaban J connectivity index is 1.58. The van der Waals surface area contributed by atoms with Crippen LogP contribution in [0.2, 0.25) is 0 Å². The number of amides is 1. The van der Waals surface area contributed by atoms with E-state index in [1.54, 1.807) is 29.6 Å². The van der Waals surface area contributed by atoms with Gasteiger partial charge >= 0.3 is 0 Å². The SMILES string of the molecule is CCN(CC)CCCOc1ccc(N2C(=O)C(=Cc3ccoc3)SC2=S)cc1. The van der Waals surface area contributed by atoms with E-state index in [9.17, 15) is 4.79 Å². The van der Waals surface area contributed by atoms with Gasteiger partial charge in [0.05, 0.1) is 29.7 Å². The third kappa shape index (κ3) is 5.04. The molecule has 1 fully saturated rings. The predicted octanol–water partition coefficient (Wildman–Crippen LogP) is 4.80. The lowest BCUT2D eigenvalue weighted by Gasteiger charge is -2.18. The molecule has 1 aromatic carbocycles. The molecule has 0 saturated carbocycles. The van der Waals surface area contributed by atoms with E-state index < -0.39 is 0 Å². The summed E-state index contributed by atoms with van der Waals surface area (Å²) in [6.07, 6.45) is 5.94. The second-order valence-electron chi connectivity index (χ2n) is 6.30. The van der Waals surface area contributed by atoms with Crippen molar-refractivity contribution in [2.75, 3.05) is 31.1 Å². The quantitative estimate of drug-likeness (QED) is 0.333. The molecule has 0 radical (unpaired) electrons. The van der Waals surface area contributed by atoms with Crippen molar-refractivity contribution in [3.05, 3.63) is 53.3 Å². The van der Waals surface area contributed by atoms with E-state index in [4.69, 9.17) is 21.4 Å². The summed E-state index contributed by atoms with van der Waals surface area (Å²) in [6, 6.07) is 9.30. The minimum atomic E-state index is -0.121. The second-order valence-corrected chi connectivity index (χ2v) is 7.97. The number of nitrogens with zero attached hydrogens (tertiary/aromatic N) is 2. The predicted molar refractivity (Wildman–Crippen MR) is 119 cm³/mol. The fourth-order valence-corrected chi connectivity index (χ4v) is 4.21. The second kappa shape index (κ2) is 9.91. The van der Waals surface area contributed by atoms with Gasteiger partial charge in [-0.15, -0.1) is 0 Å². The zero-order valence-corrected chi connectivity index (χ0v) is 17.7. The van der Waals surface area contributed by atoms with Gasteiger partial charge in [-0.2, -0.15) is 0 Å². The number of hydrogen-bond acceptors (Lipinski definition) is 6. The van der Waals surface area contributed by atoms with Gasteiger partial charge in [-0.05, 0) is 55.9 Å². The highest BCUT2D eigenvalue weighted by Gasteiger charge is 2.33. The number of ether oxygens (including phenoxy) is 1. The molecule has 0 bridgehead atoms. The van der Waals surface area contributed by atoms with Crippen molar-refractivity contribution in [2.45, 2.75) is 20.3 Å². The van der Waals surface area contributed by atoms with E-state index in [-0.39, 0.29) is 5.91 Å². The average Bonchev–Trinajstić information content (AvgIpc) is 3.31. The highest BCUT2D eigenvalue weighted by atomic mass is 32.2. The molecule has 1 amide bonds. The summed E-state index contributed by atoms with van der Waals surface area (Å²) >= 11 is 6.70. The molecule has 0 unspecified atom stereocenters. The maximum absolute atomic E-state index is 12.7. The molecule has 2 aromatic rings. The first kappa shape index (κ1) is 20.6. The summed E-state index contributed by atoms with van der Waals surface area (Å²) in [7, 11) is 0. The molecule has 5 nitrogen and oxygen atoms in total. The smallest absolute Gasteiger partial charge is 0.270 e. The van der Waals surface area contributed by atoms with Crippen molar-refractivity contribution in [2.24, 2.45) is 0 Å². The van der Waals surface area contributed by atoms with Crippen LogP contribution in [-0.4, -0.2) is 41.4 Å². The first-order valence-corrected chi connectivity index (χ1v) is 10.6. The Morgan fingerprint density at radius 2 is 1.96 bits per heavy atom. The Morgan fingerprint density at radius 3 is 2.61 bits per heavy atom. The van der Waals surface area contributed by atoms with Crippen molar-refractivity contribution in [1.82, 2.24) is 4.90 Å². The van der Waals surface area contributed by atoms with Gasteiger partial charge in [0, 0.05) is 12.1 Å². The molecule has 7 heteroatoms. The standard InChI is InChI=1S/C21H24N2O3S2/c1-3-22(4-2)11-5-12-26-18-8-6-17(7-9-18)23-20(24)19(28-21(23)27)14-16-10-13-25-15-16/h6-10,13-15H,3-5,11-12H2,1-2H3.